The molecule has 0 saturated carbocycles. The normalized spacial score (nSPS) is 19.6. The highest BCUT2D eigenvalue weighted by Gasteiger charge is 2.35. The first-order chi connectivity index (χ1) is 21.7. The lowest BCUT2D eigenvalue weighted by molar-refractivity contribution is 0.0877. The lowest BCUT2D eigenvalue weighted by Gasteiger charge is -2.46. The number of fused-ring (bicyclic) bond motifs is 2. The van der Waals surface area contributed by atoms with Crippen molar-refractivity contribution in [2.75, 3.05) is 37.0 Å². The molecule has 5 aromatic carbocycles. The van der Waals surface area contributed by atoms with Gasteiger partial charge in [-0.15, -0.1) is 0 Å². The monoisotopic (exact) mass is 574 g/mol. The van der Waals surface area contributed by atoms with E-state index in [0.29, 0.717) is 0 Å². The van der Waals surface area contributed by atoms with Crippen molar-refractivity contribution in [2.45, 2.75) is 25.0 Å². The van der Waals surface area contributed by atoms with Crippen molar-refractivity contribution < 1.29 is 0 Å². The zero-order valence-corrected chi connectivity index (χ0v) is 25.5. The third kappa shape index (κ3) is 4.58. The highest BCUT2D eigenvalue weighted by Crippen LogP contribution is 2.46. The molecule has 0 radical (unpaired) electrons. The van der Waals surface area contributed by atoms with Gasteiger partial charge in [-0.25, -0.2) is 0 Å². The second kappa shape index (κ2) is 11.0. The van der Waals surface area contributed by atoms with Gasteiger partial charge in [-0.3, -0.25) is 4.90 Å². The van der Waals surface area contributed by atoms with Crippen LogP contribution in [0.3, 0.4) is 0 Å². The summed E-state index contributed by atoms with van der Waals surface area (Å²) < 4.78 is 0. The standard InChI is InChI=1S/C40H38N4/c1-41-38(29-13-5-3-6-14-29)28-39(42(2)40(41)32-17-7-4-8-18-32)33-25-34(43-23-21-30-15-9-11-19-36(30)43)27-35(26-33)44-24-22-31-16-10-12-20-37(31)44/h3-20,25-28,39-40H,21-24H2,1-2H3. The molecule has 0 N–H and O–H groups in total. The van der Waals surface area contributed by atoms with Crippen molar-refractivity contribution in [1.82, 2.24) is 9.80 Å². The van der Waals surface area contributed by atoms with Gasteiger partial charge in [0, 0.05) is 48.6 Å². The molecule has 0 fully saturated rings. The van der Waals surface area contributed by atoms with Gasteiger partial charge in [-0.1, -0.05) is 97.1 Å². The summed E-state index contributed by atoms with van der Waals surface area (Å²) >= 11 is 0. The Morgan fingerprint density at radius 3 is 1.66 bits per heavy atom. The molecular formula is C40H38N4. The Morgan fingerprint density at radius 1 is 0.545 bits per heavy atom. The summed E-state index contributed by atoms with van der Waals surface area (Å²) in [5, 5.41) is 0. The van der Waals surface area contributed by atoms with E-state index in [1.54, 1.807) is 0 Å². The third-order valence-electron chi connectivity index (χ3n) is 9.72. The summed E-state index contributed by atoms with van der Waals surface area (Å²) in [6.07, 6.45) is 4.70. The molecule has 3 aliphatic heterocycles. The molecule has 4 nitrogen and oxygen atoms in total. The maximum Gasteiger partial charge on any atom is 0.108 e. The average Bonchev–Trinajstić information content (AvgIpc) is 3.71. The first kappa shape index (κ1) is 26.8. The predicted octanol–water partition coefficient (Wildman–Crippen LogP) is 8.73. The fourth-order valence-electron chi connectivity index (χ4n) is 7.58. The molecule has 0 bridgehead atoms. The number of rotatable bonds is 5. The summed E-state index contributed by atoms with van der Waals surface area (Å²) in [6, 6.07) is 47.0. The highest BCUT2D eigenvalue weighted by molar-refractivity contribution is 5.78. The van der Waals surface area contributed by atoms with Crippen molar-refractivity contribution in [3.05, 3.63) is 161 Å². The van der Waals surface area contributed by atoms with Crippen molar-refractivity contribution in [3.63, 3.8) is 0 Å². The van der Waals surface area contributed by atoms with Crippen LogP contribution in [0.15, 0.2) is 133 Å². The number of likely N-dealkylation sites (N-methyl/N-ethyl adjacent to an activating group) is 1. The molecular weight excluding hydrogens is 536 g/mol. The van der Waals surface area contributed by atoms with Crippen LogP contribution >= 0.6 is 0 Å². The van der Waals surface area contributed by atoms with Crippen LogP contribution in [0.1, 0.15) is 40.0 Å². The summed E-state index contributed by atoms with van der Waals surface area (Å²) in [5.74, 6) is 0. The predicted molar refractivity (Wildman–Crippen MR) is 183 cm³/mol. The molecule has 3 aliphatic rings. The lowest BCUT2D eigenvalue weighted by Crippen LogP contribution is -2.42. The van der Waals surface area contributed by atoms with Gasteiger partial charge >= 0.3 is 0 Å². The van der Waals surface area contributed by atoms with Gasteiger partial charge in [-0.2, -0.15) is 0 Å². The minimum atomic E-state index is 0.0843. The van der Waals surface area contributed by atoms with E-state index < -0.39 is 0 Å². The van der Waals surface area contributed by atoms with E-state index in [0.717, 1.165) is 25.9 Å². The van der Waals surface area contributed by atoms with Crippen LogP contribution in [0, 0.1) is 0 Å². The van der Waals surface area contributed by atoms with Gasteiger partial charge < -0.3 is 14.7 Å². The van der Waals surface area contributed by atoms with Crippen LogP contribution in [-0.2, 0) is 12.8 Å². The van der Waals surface area contributed by atoms with Gasteiger partial charge in [0.2, 0.25) is 0 Å². The van der Waals surface area contributed by atoms with Crippen LogP contribution in [-0.4, -0.2) is 37.0 Å². The summed E-state index contributed by atoms with van der Waals surface area (Å²) in [7, 11) is 4.51. The molecule has 0 saturated heterocycles. The SMILES string of the molecule is CN1C(c2ccccc2)=CC(c2cc(N3CCc4ccccc43)cc(N3CCc4ccccc43)c2)N(C)C1c1ccccc1. The smallest absolute Gasteiger partial charge is 0.108 e. The van der Waals surface area contributed by atoms with Crippen molar-refractivity contribution in [3.8, 4) is 0 Å². The molecule has 2 unspecified atom stereocenters. The molecule has 0 aliphatic carbocycles. The molecule has 0 aromatic heterocycles. The fourth-order valence-corrected chi connectivity index (χ4v) is 7.58. The van der Waals surface area contributed by atoms with Crippen LogP contribution < -0.4 is 9.80 Å². The summed E-state index contributed by atoms with van der Waals surface area (Å²) in [6.45, 7) is 2.00. The Balaban J connectivity index is 1.30. The average molecular weight is 575 g/mol. The number of nitrogens with zero attached hydrogens (tertiary/aromatic N) is 4. The molecule has 8 rings (SSSR count). The van der Waals surface area contributed by atoms with Gasteiger partial charge in [0.25, 0.3) is 0 Å². The lowest BCUT2D eigenvalue weighted by atomic mass is 9.94. The first-order valence-corrected chi connectivity index (χ1v) is 15.8. The number of anilines is 4. The summed E-state index contributed by atoms with van der Waals surface area (Å²) in [5.41, 5.74) is 13.2. The van der Waals surface area contributed by atoms with Crippen LogP contribution in [0.5, 0.6) is 0 Å². The largest absolute Gasteiger partial charge is 0.355 e. The maximum atomic E-state index is 2.53. The minimum Gasteiger partial charge on any atom is -0.355 e. The number of para-hydroxylation sites is 2. The van der Waals surface area contributed by atoms with Crippen LogP contribution in [0.25, 0.3) is 5.70 Å². The number of benzene rings is 5. The molecule has 218 valence electrons. The topological polar surface area (TPSA) is 13.0 Å². The molecule has 2 atom stereocenters. The molecule has 0 spiro atoms. The van der Waals surface area contributed by atoms with Crippen LogP contribution in [0.4, 0.5) is 22.7 Å². The van der Waals surface area contributed by atoms with Gasteiger partial charge in [0.05, 0.1) is 6.04 Å². The Bertz CT molecular complexity index is 1760. The van der Waals surface area contributed by atoms with Crippen molar-refractivity contribution >= 4 is 28.4 Å². The Morgan fingerprint density at radius 2 is 1.07 bits per heavy atom. The van der Waals surface area contributed by atoms with Crippen molar-refractivity contribution in [1.29, 1.82) is 0 Å². The third-order valence-corrected chi connectivity index (χ3v) is 9.72. The first-order valence-electron chi connectivity index (χ1n) is 15.8. The minimum absolute atomic E-state index is 0.0843. The van der Waals surface area contributed by atoms with Crippen LogP contribution in [0.2, 0.25) is 0 Å². The number of hydrogen-bond acceptors (Lipinski definition) is 4. The van der Waals surface area contributed by atoms with Gasteiger partial charge in [0.1, 0.15) is 6.17 Å². The zero-order chi connectivity index (χ0) is 29.6. The second-order valence-electron chi connectivity index (χ2n) is 12.3. The molecule has 3 heterocycles. The van der Waals surface area contributed by atoms with E-state index >= 15 is 0 Å². The van der Waals surface area contributed by atoms with E-state index in [-0.39, 0.29) is 12.2 Å². The Labute approximate surface area is 261 Å². The van der Waals surface area contributed by atoms with E-state index in [2.05, 4.69) is 167 Å². The maximum absolute atomic E-state index is 2.53. The van der Waals surface area contributed by atoms with Gasteiger partial charge in [-0.05, 0) is 84.1 Å². The molecule has 5 aromatic rings. The molecule has 0 amide bonds. The quantitative estimate of drug-likeness (QED) is 0.208. The zero-order valence-electron chi connectivity index (χ0n) is 25.5. The Kier molecular flexibility index (Phi) is 6.72. The molecule has 44 heavy (non-hydrogen) atoms. The van der Waals surface area contributed by atoms with E-state index in [1.807, 2.05) is 0 Å². The highest BCUT2D eigenvalue weighted by atomic mass is 15.4. The van der Waals surface area contributed by atoms with Gasteiger partial charge in [0.15, 0.2) is 0 Å². The fraction of sp³-hybridized carbons (Fsp3) is 0.200. The Hall–Kier alpha value is -4.80. The summed E-state index contributed by atoms with van der Waals surface area (Å²) in [4.78, 5) is 10.0. The van der Waals surface area contributed by atoms with E-state index in [1.165, 1.54) is 56.3 Å². The second-order valence-corrected chi connectivity index (χ2v) is 12.3. The van der Waals surface area contributed by atoms with E-state index in [9.17, 15) is 0 Å². The van der Waals surface area contributed by atoms with E-state index in [4.69, 9.17) is 0 Å². The molecule has 4 heteroatoms. The van der Waals surface area contributed by atoms with Crippen molar-refractivity contribution in [2.24, 2.45) is 0 Å². The number of hydrogen-bond donors (Lipinski definition) is 0.